The smallest absolute Gasteiger partial charge is 0.338 e. The molecule has 3 rings (SSSR count). The molecular weight excluding hydrogens is 400 g/mol. The standard InChI is InChI=1S/C23H24N2O6/c1-24(12-13-26)20-19(16-6-4-3-5-7-16)21(27)25(22(20)28)18-10-8-17(9-11-18)23(29)31-15-14-30-2/h3-11,26H,12-15H2,1-2H3. The Morgan fingerprint density at radius 2 is 1.68 bits per heavy atom. The molecule has 2 aromatic carbocycles. The van der Waals surface area contributed by atoms with E-state index in [4.69, 9.17) is 9.47 Å². The molecular formula is C23H24N2O6. The van der Waals surface area contributed by atoms with Crippen LogP contribution in [0.2, 0.25) is 0 Å². The van der Waals surface area contributed by atoms with E-state index in [-0.39, 0.29) is 31.0 Å². The highest BCUT2D eigenvalue weighted by Gasteiger charge is 2.41. The van der Waals surface area contributed by atoms with Crippen molar-refractivity contribution in [2.24, 2.45) is 0 Å². The van der Waals surface area contributed by atoms with Crippen molar-refractivity contribution in [3.05, 3.63) is 71.4 Å². The van der Waals surface area contributed by atoms with E-state index < -0.39 is 17.8 Å². The molecule has 162 valence electrons. The van der Waals surface area contributed by atoms with Crippen LogP contribution in [0.15, 0.2) is 60.3 Å². The lowest BCUT2D eigenvalue weighted by Crippen LogP contribution is -2.34. The van der Waals surface area contributed by atoms with Crippen molar-refractivity contribution in [2.75, 3.05) is 45.4 Å². The molecule has 31 heavy (non-hydrogen) atoms. The topological polar surface area (TPSA) is 96.4 Å². The van der Waals surface area contributed by atoms with E-state index in [9.17, 15) is 19.5 Å². The molecule has 0 bridgehead atoms. The fraction of sp³-hybridized carbons (Fsp3) is 0.261. The average molecular weight is 424 g/mol. The third-order valence-electron chi connectivity index (χ3n) is 4.82. The monoisotopic (exact) mass is 424 g/mol. The number of rotatable bonds is 9. The van der Waals surface area contributed by atoms with Gasteiger partial charge in [-0.3, -0.25) is 9.59 Å². The maximum absolute atomic E-state index is 13.3. The van der Waals surface area contributed by atoms with Gasteiger partial charge in [0, 0.05) is 20.7 Å². The predicted octanol–water partition coefficient (Wildman–Crippen LogP) is 1.70. The summed E-state index contributed by atoms with van der Waals surface area (Å²) >= 11 is 0. The molecule has 0 fully saturated rings. The van der Waals surface area contributed by atoms with Crippen molar-refractivity contribution in [2.45, 2.75) is 0 Å². The lowest BCUT2D eigenvalue weighted by Gasteiger charge is -2.20. The molecule has 0 saturated carbocycles. The molecule has 8 heteroatoms. The van der Waals surface area contributed by atoms with E-state index in [0.717, 1.165) is 4.90 Å². The van der Waals surface area contributed by atoms with Gasteiger partial charge in [-0.05, 0) is 29.8 Å². The first kappa shape index (κ1) is 22.2. The summed E-state index contributed by atoms with van der Waals surface area (Å²) in [6.45, 7) is 0.456. The van der Waals surface area contributed by atoms with Crippen molar-refractivity contribution in [1.82, 2.24) is 4.90 Å². The second-order valence-corrected chi connectivity index (χ2v) is 6.86. The molecule has 2 amide bonds. The Labute approximate surface area is 180 Å². The van der Waals surface area contributed by atoms with Crippen molar-refractivity contribution >= 4 is 29.0 Å². The molecule has 1 aliphatic rings. The van der Waals surface area contributed by atoms with E-state index >= 15 is 0 Å². The van der Waals surface area contributed by atoms with Crippen LogP contribution in [0.3, 0.4) is 0 Å². The number of esters is 1. The van der Waals surface area contributed by atoms with Gasteiger partial charge in [0.05, 0.1) is 30.0 Å². The largest absolute Gasteiger partial charge is 0.460 e. The maximum Gasteiger partial charge on any atom is 0.338 e. The number of methoxy groups -OCH3 is 1. The molecule has 0 spiro atoms. The summed E-state index contributed by atoms with van der Waals surface area (Å²) in [5.41, 5.74) is 1.73. The first-order valence-corrected chi connectivity index (χ1v) is 9.76. The Kier molecular flexibility index (Phi) is 7.17. The van der Waals surface area contributed by atoms with Crippen molar-refractivity contribution in [3.63, 3.8) is 0 Å². The lowest BCUT2D eigenvalue weighted by atomic mass is 10.0. The zero-order valence-electron chi connectivity index (χ0n) is 17.4. The molecule has 0 atom stereocenters. The fourth-order valence-electron chi connectivity index (χ4n) is 3.28. The number of carbonyl (C=O) groups excluding carboxylic acids is 3. The number of benzene rings is 2. The number of aliphatic hydroxyl groups excluding tert-OH is 1. The number of imide groups is 1. The van der Waals surface area contributed by atoms with E-state index in [1.54, 1.807) is 36.2 Å². The highest BCUT2D eigenvalue weighted by atomic mass is 16.6. The molecule has 1 heterocycles. The van der Waals surface area contributed by atoms with Gasteiger partial charge in [-0.15, -0.1) is 0 Å². The number of aliphatic hydroxyl groups is 1. The Bertz CT molecular complexity index is 985. The van der Waals surface area contributed by atoms with Gasteiger partial charge in [-0.25, -0.2) is 9.69 Å². The van der Waals surface area contributed by atoms with Gasteiger partial charge < -0.3 is 19.5 Å². The summed E-state index contributed by atoms with van der Waals surface area (Å²) in [6.07, 6.45) is 0. The van der Waals surface area contributed by atoms with E-state index in [2.05, 4.69) is 0 Å². The van der Waals surface area contributed by atoms with Gasteiger partial charge >= 0.3 is 5.97 Å². The lowest BCUT2D eigenvalue weighted by molar-refractivity contribution is -0.120. The summed E-state index contributed by atoms with van der Waals surface area (Å²) in [4.78, 5) is 41.2. The van der Waals surface area contributed by atoms with Crippen LogP contribution < -0.4 is 4.90 Å². The highest BCUT2D eigenvalue weighted by Crippen LogP contribution is 2.34. The van der Waals surface area contributed by atoms with Gasteiger partial charge in [-0.2, -0.15) is 0 Å². The Hall–Kier alpha value is -3.49. The number of anilines is 1. The SMILES string of the molecule is COCCOC(=O)c1ccc(N2C(=O)C(c3ccccc3)=C(N(C)CCO)C2=O)cc1. The van der Waals surface area contributed by atoms with Crippen LogP contribution in [0.5, 0.6) is 0 Å². The van der Waals surface area contributed by atoms with E-state index in [0.29, 0.717) is 23.4 Å². The average Bonchev–Trinajstić information content (AvgIpc) is 3.05. The zero-order valence-corrected chi connectivity index (χ0v) is 17.4. The number of ether oxygens (including phenoxy) is 2. The number of nitrogens with zero attached hydrogens (tertiary/aromatic N) is 2. The van der Waals surface area contributed by atoms with E-state index in [1.807, 2.05) is 6.07 Å². The first-order valence-electron chi connectivity index (χ1n) is 9.76. The highest BCUT2D eigenvalue weighted by molar-refractivity contribution is 6.45. The van der Waals surface area contributed by atoms with Crippen molar-refractivity contribution < 1.29 is 29.0 Å². The van der Waals surface area contributed by atoms with Gasteiger partial charge in [-0.1, -0.05) is 30.3 Å². The Morgan fingerprint density at radius 1 is 1.00 bits per heavy atom. The van der Waals surface area contributed by atoms with Gasteiger partial charge in [0.15, 0.2) is 0 Å². The number of carbonyl (C=O) groups is 3. The zero-order chi connectivity index (χ0) is 22.4. The van der Waals surface area contributed by atoms with Crippen LogP contribution >= 0.6 is 0 Å². The molecule has 0 unspecified atom stereocenters. The van der Waals surface area contributed by atoms with Gasteiger partial charge in [0.25, 0.3) is 11.8 Å². The second kappa shape index (κ2) is 10.0. The summed E-state index contributed by atoms with van der Waals surface area (Å²) in [5, 5.41) is 9.32. The van der Waals surface area contributed by atoms with E-state index in [1.165, 1.54) is 31.4 Å². The van der Waals surface area contributed by atoms with Crippen LogP contribution in [0.4, 0.5) is 5.69 Å². The summed E-state index contributed by atoms with van der Waals surface area (Å²) in [6, 6.07) is 15.0. The van der Waals surface area contributed by atoms with Crippen LogP contribution in [0.1, 0.15) is 15.9 Å². The minimum Gasteiger partial charge on any atom is -0.460 e. The molecule has 1 N–H and O–H groups in total. The summed E-state index contributed by atoms with van der Waals surface area (Å²) in [5.74, 6) is -1.48. The van der Waals surface area contributed by atoms with Crippen LogP contribution in [0, 0.1) is 0 Å². The van der Waals surface area contributed by atoms with Crippen LogP contribution in [0.25, 0.3) is 5.57 Å². The number of hydrogen-bond acceptors (Lipinski definition) is 7. The van der Waals surface area contributed by atoms with Crippen LogP contribution in [-0.2, 0) is 19.1 Å². The quantitative estimate of drug-likeness (QED) is 0.372. The molecule has 0 saturated heterocycles. The van der Waals surface area contributed by atoms with Gasteiger partial charge in [0.1, 0.15) is 12.3 Å². The second-order valence-electron chi connectivity index (χ2n) is 6.86. The molecule has 2 aromatic rings. The van der Waals surface area contributed by atoms with Crippen LogP contribution in [-0.4, -0.2) is 68.3 Å². The number of amides is 2. The van der Waals surface area contributed by atoms with Gasteiger partial charge in [0.2, 0.25) is 0 Å². The molecule has 0 aromatic heterocycles. The summed E-state index contributed by atoms with van der Waals surface area (Å²) in [7, 11) is 3.17. The number of likely N-dealkylation sites (N-methyl/N-ethyl adjacent to an activating group) is 1. The minimum atomic E-state index is -0.519. The number of hydrogen-bond donors (Lipinski definition) is 1. The molecule has 0 radical (unpaired) electrons. The third-order valence-corrected chi connectivity index (χ3v) is 4.82. The molecule has 8 nitrogen and oxygen atoms in total. The maximum atomic E-state index is 13.3. The Balaban J connectivity index is 1.91. The predicted molar refractivity (Wildman–Crippen MR) is 114 cm³/mol. The first-order chi connectivity index (χ1) is 15.0. The minimum absolute atomic E-state index is 0.130. The van der Waals surface area contributed by atoms with Crippen molar-refractivity contribution in [1.29, 1.82) is 0 Å². The van der Waals surface area contributed by atoms with Crippen molar-refractivity contribution in [3.8, 4) is 0 Å². The molecule has 0 aliphatic carbocycles. The Morgan fingerprint density at radius 3 is 2.29 bits per heavy atom. The third kappa shape index (κ3) is 4.65. The summed E-state index contributed by atoms with van der Waals surface area (Å²) < 4.78 is 9.92. The normalized spacial score (nSPS) is 13.7. The molecule has 1 aliphatic heterocycles. The fourth-order valence-corrected chi connectivity index (χ4v) is 3.28.